The van der Waals surface area contributed by atoms with Crippen LogP contribution in [0.1, 0.15) is 0 Å². The Hall–Kier alpha value is -1.47. The monoisotopic (exact) mass is 357 g/mol. The van der Waals surface area contributed by atoms with Crippen LogP contribution in [0, 0.1) is 0 Å². The van der Waals surface area contributed by atoms with Crippen molar-refractivity contribution in [3.05, 3.63) is 42.5 Å². The van der Waals surface area contributed by atoms with Gasteiger partial charge in [0.25, 0.3) is 0 Å². The summed E-state index contributed by atoms with van der Waals surface area (Å²) in [6.45, 7) is 0. The lowest BCUT2D eigenvalue weighted by Gasteiger charge is -2.12. The van der Waals surface area contributed by atoms with Gasteiger partial charge in [-0.3, -0.25) is 0 Å². The van der Waals surface area contributed by atoms with Crippen LogP contribution in [-0.2, 0) is 3.22 Å². The van der Waals surface area contributed by atoms with E-state index in [1.807, 2.05) is 36.4 Å². The maximum Gasteiger partial charge on any atom is 0.170 e. The first-order valence-electron chi connectivity index (χ1n) is 5.24. The van der Waals surface area contributed by atoms with E-state index in [2.05, 4.69) is 3.22 Å². The third-order valence-corrected chi connectivity index (χ3v) is 2.71. The Kier molecular flexibility index (Phi) is 4.27. The van der Waals surface area contributed by atoms with E-state index in [1.54, 1.807) is 36.2 Å². The number of rotatable bonds is 4. The van der Waals surface area contributed by atoms with Crippen molar-refractivity contribution in [3.8, 4) is 22.6 Å². The SMILES string of the molecule is COc1cccc(N)c1-c1cccc(OOI)c1. The Bertz CT molecular complexity index is 546. The molecule has 18 heavy (non-hydrogen) atoms. The Morgan fingerprint density at radius 3 is 2.61 bits per heavy atom. The zero-order valence-corrected chi connectivity index (χ0v) is 11.9. The summed E-state index contributed by atoms with van der Waals surface area (Å²) in [6.07, 6.45) is 0. The molecule has 2 aromatic carbocycles. The van der Waals surface area contributed by atoms with Crippen molar-refractivity contribution in [3.63, 3.8) is 0 Å². The fourth-order valence-corrected chi connectivity index (χ4v) is 1.97. The summed E-state index contributed by atoms with van der Waals surface area (Å²) in [5.41, 5.74) is 8.41. The van der Waals surface area contributed by atoms with Gasteiger partial charge < -0.3 is 15.4 Å². The number of ether oxygens (including phenoxy) is 1. The van der Waals surface area contributed by atoms with Crippen LogP contribution >= 0.6 is 23.0 Å². The highest BCUT2D eigenvalue weighted by Crippen LogP contribution is 2.36. The fourth-order valence-electron chi connectivity index (χ4n) is 1.77. The molecule has 2 rings (SSSR count). The van der Waals surface area contributed by atoms with Crippen molar-refractivity contribution in [2.75, 3.05) is 12.8 Å². The Balaban J connectivity index is 2.51. The van der Waals surface area contributed by atoms with Gasteiger partial charge in [-0.15, -0.1) is 3.22 Å². The summed E-state index contributed by atoms with van der Waals surface area (Å²) < 4.78 is 9.94. The predicted molar refractivity (Wildman–Crippen MR) is 78.6 cm³/mol. The molecule has 0 heterocycles. The van der Waals surface area contributed by atoms with Crippen LogP contribution in [-0.4, -0.2) is 7.11 Å². The highest BCUT2D eigenvalue weighted by molar-refractivity contribution is 14.1. The topological polar surface area (TPSA) is 53.7 Å². The molecule has 4 nitrogen and oxygen atoms in total. The number of methoxy groups -OCH3 is 1. The molecule has 0 saturated carbocycles. The Labute approximate surface area is 119 Å². The molecule has 2 aromatic rings. The minimum absolute atomic E-state index is 0.604. The molecule has 0 aromatic heterocycles. The number of halogens is 1. The van der Waals surface area contributed by atoms with Crippen LogP contribution < -0.4 is 15.4 Å². The van der Waals surface area contributed by atoms with Gasteiger partial charge in [0.05, 0.1) is 7.11 Å². The number of anilines is 1. The van der Waals surface area contributed by atoms with Crippen LogP contribution in [0.25, 0.3) is 11.1 Å². The largest absolute Gasteiger partial charge is 0.496 e. The Morgan fingerprint density at radius 2 is 1.89 bits per heavy atom. The number of nitrogens with two attached hydrogens (primary N) is 1. The molecule has 0 bridgehead atoms. The van der Waals surface area contributed by atoms with Crippen LogP contribution in [0.3, 0.4) is 0 Å². The van der Waals surface area contributed by atoms with E-state index in [-0.39, 0.29) is 0 Å². The minimum atomic E-state index is 0.604. The van der Waals surface area contributed by atoms with Crippen LogP contribution in [0.15, 0.2) is 42.5 Å². The summed E-state index contributed by atoms with van der Waals surface area (Å²) in [6, 6.07) is 13.0. The van der Waals surface area contributed by atoms with E-state index < -0.39 is 0 Å². The summed E-state index contributed by atoms with van der Waals surface area (Å²) >= 11 is 1.67. The molecule has 2 N–H and O–H groups in total. The predicted octanol–water partition coefficient (Wildman–Crippen LogP) is 3.60. The van der Waals surface area contributed by atoms with E-state index in [0.717, 1.165) is 16.9 Å². The van der Waals surface area contributed by atoms with Crippen molar-refractivity contribution < 1.29 is 12.8 Å². The van der Waals surface area contributed by atoms with Crippen molar-refractivity contribution >= 4 is 28.7 Å². The number of benzene rings is 2. The number of nitrogen functional groups attached to an aromatic ring is 1. The molecular formula is C13H12INO3. The molecule has 0 saturated heterocycles. The normalized spacial score (nSPS) is 10.1. The number of hydrogen-bond acceptors (Lipinski definition) is 4. The molecule has 0 amide bonds. The van der Waals surface area contributed by atoms with Gasteiger partial charge in [-0.25, -0.2) is 0 Å². The standard InChI is InChI=1S/C13H12INO3/c1-16-12-7-3-6-11(15)13(12)9-4-2-5-10(8-9)17-18-14/h2-8H,15H2,1H3. The molecule has 0 atom stereocenters. The summed E-state index contributed by atoms with van der Waals surface area (Å²) in [5, 5.41) is 0. The van der Waals surface area contributed by atoms with Gasteiger partial charge in [0.15, 0.2) is 28.8 Å². The van der Waals surface area contributed by atoms with Gasteiger partial charge in [-0.1, -0.05) is 18.2 Å². The van der Waals surface area contributed by atoms with Gasteiger partial charge in [0, 0.05) is 11.3 Å². The molecule has 0 aliphatic heterocycles. The maximum absolute atomic E-state index is 6.00. The van der Waals surface area contributed by atoms with Crippen LogP contribution in [0.4, 0.5) is 5.69 Å². The quantitative estimate of drug-likeness (QED) is 0.393. The van der Waals surface area contributed by atoms with Gasteiger partial charge in [0.2, 0.25) is 0 Å². The van der Waals surface area contributed by atoms with Crippen LogP contribution in [0.2, 0.25) is 0 Å². The lowest BCUT2D eigenvalue weighted by molar-refractivity contribution is -0.0471. The fraction of sp³-hybridized carbons (Fsp3) is 0.0769. The molecule has 94 valence electrons. The molecule has 0 aliphatic rings. The molecule has 0 unspecified atom stereocenters. The zero-order chi connectivity index (χ0) is 13.0. The van der Waals surface area contributed by atoms with E-state index in [0.29, 0.717) is 11.4 Å². The summed E-state index contributed by atoms with van der Waals surface area (Å²) in [4.78, 5) is 4.99. The van der Waals surface area contributed by atoms with E-state index >= 15 is 0 Å². The van der Waals surface area contributed by atoms with Crippen LogP contribution in [0.5, 0.6) is 11.5 Å². The maximum atomic E-state index is 6.00. The molecule has 0 fully saturated rings. The van der Waals surface area contributed by atoms with Gasteiger partial charge >= 0.3 is 0 Å². The second kappa shape index (κ2) is 5.92. The van der Waals surface area contributed by atoms with Crippen molar-refractivity contribution in [2.24, 2.45) is 0 Å². The van der Waals surface area contributed by atoms with E-state index in [9.17, 15) is 0 Å². The van der Waals surface area contributed by atoms with Gasteiger partial charge in [-0.05, 0) is 29.8 Å². The molecule has 0 spiro atoms. The molecular weight excluding hydrogens is 345 g/mol. The highest BCUT2D eigenvalue weighted by Gasteiger charge is 2.10. The Morgan fingerprint density at radius 1 is 1.11 bits per heavy atom. The van der Waals surface area contributed by atoms with E-state index in [4.69, 9.17) is 15.4 Å². The first-order chi connectivity index (χ1) is 8.76. The molecule has 5 heteroatoms. The summed E-state index contributed by atoms with van der Waals surface area (Å²) in [7, 11) is 1.62. The molecule has 0 aliphatic carbocycles. The lowest BCUT2D eigenvalue weighted by Crippen LogP contribution is -1.95. The van der Waals surface area contributed by atoms with Crippen molar-refractivity contribution in [1.82, 2.24) is 0 Å². The van der Waals surface area contributed by atoms with Crippen molar-refractivity contribution in [2.45, 2.75) is 0 Å². The van der Waals surface area contributed by atoms with Gasteiger partial charge in [0.1, 0.15) is 5.75 Å². The third-order valence-electron chi connectivity index (χ3n) is 2.53. The molecule has 0 radical (unpaired) electrons. The second-order valence-corrected chi connectivity index (χ2v) is 3.96. The first kappa shape index (κ1) is 13.0. The summed E-state index contributed by atoms with van der Waals surface area (Å²) in [5.74, 6) is 1.33. The highest BCUT2D eigenvalue weighted by atomic mass is 127. The number of hydrogen-bond donors (Lipinski definition) is 1. The minimum Gasteiger partial charge on any atom is -0.496 e. The average molecular weight is 357 g/mol. The van der Waals surface area contributed by atoms with E-state index in [1.165, 1.54) is 0 Å². The average Bonchev–Trinajstić information content (AvgIpc) is 2.39. The first-order valence-corrected chi connectivity index (χ1v) is 6.12. The van der Waals surface area contributed by atoms with Gasteiger partial charge in [-0.2, -0.15) is 0 Å². The zero-order valence-electron chi connectivity index (χ0n) is 9.72. The smallest absolute Gasteiger partial charge is 0.170 e. The third kappa shape index (κ3) is 2.68. The second-order valence-electron chi connectivity index (χ2n) is 3.60. The lowest BCUT2D eigenvalue weighted by atomic mass is 10.0. The van der Waals surface area contributed by atoms with Crippen molar-refractivity contribution in [1.29, 1.82) is 0 Å².